The van der Waals surface area contributed by atoms with Gasteiger partial charge in [-0.25, -0.2) is 4.39 Å². The minimum atomic E-state index is -0.237. The zero-order chi connectivity index (χ0) is 14.5. The molecule has 2 aromatic rings. The Hall–Kier alpha value is -1.74. The Kier molecular flexibility index (Phi) is 4.85. The van der Waals surface area contributed by atoms with Crippen LogP contribution in [0.3, 0.4) is 0 Å². The number of hydrogen-bond donors (Lipinski definition) is 1. The monoisotopic (exact) mass is 293 g/mol. The molecule has 0 aromatic heterocycles. The van der Waals surface area contributed by atoms with E-state index in [1.54, 1.807) is 12.1 Å². The first kappa shape index (κ1) is 14.7. The van der Waals surface area contributed by atoms with Gasteiger partial charge in [0.05, 0.1) is 0 Å². The molecule has 0 fully saturated rings. The molecule has 0 saturated heterocycles. The predicted octanol–water partition coefficient (Wildman–Crippen LogP) is 4.59. The van der Waals surface area contributed by atoms with Gasteiger partial charge in [-0.2, -0.15) is 0 Å². The third-order valence-electron chi connectivity index (χ3n) is 2.95. The van der Waals surface area contributed by atoms with Gasteiger partial charge in [-0.1, -0.05) is 11.6 Å². The second kappa shape index (κ2) is 6.62. The van der Waals surface area contributed by atoms with Gasteiger partial charge in [-0.15, -0.1) is 0 Å². The maximum Gasteiger partial charge on any atom is 0.123 e. The fourth-order valence-corrected chi connectivity index (χ4v) is 2.03. The predicted molar refractivity (Wildman–Crippen MR) is 81.3 cm³/mol. The molecule has 2 rings (SSSR count). The molecule has 2 nitrogen and oxygen atoms in total. The van der Waals surface area contributed by atoms with E-state index >= 15 is 0 Å². The van der Waals surface area contributed by atoms with Crippen molar-refractivity contribution in [2.75, 3.05) is 18.5 Å². The van der Waals surface area contributed by atoms with Crippen LogP contribution in [0, 0.1) is 19.7 Å². The Labute approximate surface area is 123 Å². The first-order valence-corrected chi connectivity index (χ1v) is 6.83. The van der Waals surface area contributed by atoms with Crippen LogP contribution in [0.2, 0.25) is 5.02 Å². The largest absolute Gasteiger partial charge is 0.492 e. The van der Waals surface area contributed by atoms with Crippen LogP contribution in [-0.4, -0.2) is 13.2 Å². The van der Waals surface area contributed by atoms with Crippen molar-refractivity contribution in [2.45, 2.75) is 13.8 Å². The van der Waals surface area contributed by atoms with Crippen LogP contribution in [0.25, 0.3) is 0 Å². The van der Waals surface area contributed by atoms with Crippen LogP contribution in [-0.2, 0) is 0 Å². The van der Waals surface area contributed by atoms with Crippen LogP contribution in [0.5, 0.6) is 5.75 Å². The number of aryl methyl sites for hydroxylation is 2. The highest BCUT2D eigenvalue weighted by molar-refractivity contribution is 6.32. The van der Waals surface area contributed by atoms with Crippen LogP contribution < -0.4 is 10.1 Å². The number of anilines is 1. The van der Waals surface area contributed by atoms with Crippen LogP contribution in [0.1, 0.15) is 11.1 Å². The minimum Gasteiger partial charge on any atom is -0.492 e. The first-order chi connectivity index (χ1) is 9.56. The zero-order valence-electron chi connectivity index (χ0n) is 11.5. The van der Waals surface area contributed by atoms with E-state index in [-0.39, 0.29) is 5.82 Å². The molecule has 1 N–H and O–H groups in total. The fourth-order valence-electron chi connectivity index (χ4n) is 1.92. The molecule has 20 heavy (non-hydrogen) atoms. The number of nitrogens with one attached hydrogen (secondary N) is 1. The molecule has 0 aliphatic heterocycles. The summed E-state index contributed by atoms with van der Waals surface area (Å²) in [5, 5.41) is 3.94. The molecular formula is C16H17ClFNO. The lowest BCUT2D eigenvalue weighted by atomic mass is 10.1. The van der Waals surface area contributed by atoms with Gasteiger partial charge in [0.2, 0.25) is 0 Å². The number of benzene rings is 2. The molecule has 0 atom stereocenters. The van der Waals surface area contributed by atoms with Gasteiger partial charge in [0, 0.05) is 17.3 Å². The van der Waals surface area contributed by atoms with Gasteiger partial charge in [-0.05, 0) is 61.4 Å². The van der Waals surface area contributed by atoms with E-state index in [2.05, 4.69) is 5.32 Å². The zero-order valence-corrected chi connectivity index (χ0v) is 12.3. The van der Waals surface area contributed by atoms with Crippen molar-refractivity contribution in [1.29, 1.82) is 0 Å². The molecule has 0 spiro atoms. The molecule has 0 unspecified atom stereocenters. The average Bonchev–Trinajstić information content (AvgIpc) is 2.43. The van der Waals surface area contributed by atoms with E-state index in [1.165, 1.54) is 12.1 Å². The molecule has 0 aliphatic rings. The van der Waals surface area contributed by atoms with Gasteiger partial charge in [0.15, 0.2) is 0 Å². The van der Waals surface area contributed by atoms with E-state index in [1.807, 2.05) is 26.0 Å². The van der Waals surface area contributed by atoms with Gasteiger partial charge in [-0.3, -0.25) is 0 Å². The van der Waals surface area contributed by atoms with Crippen LogP contribution >= 0.6 is 11.6 Å². The summed E-state index contributed by atoms with van der Waals surface area (Å²) in [5.41, 5.74) is 2.89. The fraction of sp³-hybridized carbons (Fsp3) is 0.250. The van der Waals surface area contributed by atoms with Crippen molar-refractivity contribution in [3.63, 3.8) is 0 Å². The Morgan fingerprint density at radius 3 is 2.30 bits per heavy atom. The van der Waals surface area contributed by atoms with Gasteiger partial charge < -0.3 is 10.1 Å². The maximum atomic E-state index is 12.7. The summed E-state index contributed by atoms with van der Waals surface area (Å²) in [6, 6.07) is 10.1. The summed E-state index contributed by atoms with van der Waals surface area (Å²) in [6.07, 6.45) is 0. The van der Waals surface area contributed by atoms with Crippen molar-refractivity contribution in [3.05, 3.63) is 58.4 Å². The Morgan fingerprint density at radius 1 is 1.10 bits per heavy atom. The Morgan fingerprint density at radius 2 is 1.70 bits per heavy atom. The summed E-state index contributed by atoms with van der Waals surface area (Å²) in [4.78, 5) is 0. The van der Waals surface area contributed by atoms with Crippen molar-refractivity contribution in [1.82, 2.24) is 0 Å². The van der Waals surface area contributed by atoms with Crippen molar-refractivity contribution >= 4 is 17.3 Å². The summed E-state index contributed by atoms with van der Waals surface area (Å²) >= 11 is 6.11. The lowest BCUT2D eigenvalue weighted by Gasteiger charge is -2.11. The smallest absolute Gasteiger partial charge is 0.123 e. The molecule has 2 aromatic carbocycles. The Bertz CT molecular complexity index is 561. The minimum absolute atomic E-state index is 0.237. The standard InChI is InChI=1S/C16H17ClFNO/c1-11-9-15(10-12(2)16(11)17)20-8-7-19-14-5-3-13(18)4-6-14/h3-6,9-10,19H,7-8H2,1-2H3. The van der Waals surface area contributed by atoms with Crippen molar-refractivity contribution in [2.24, 2.45) is 0 Å². The molecule has 4 heteroatoms. The third kappa shape index (κ3) is 3.87. The highest BCUT2D eigenvalue weighted by Crippen LogP contribution is 2.25. The van der Waals surface area contributed by atoms with Gasteiger partial charge in [0.25, 0.3) is 0 Å². The molecule has 0 amide bonds. The molecule has 0 saturated carbocycles. The van der Waals surface area contributed by atoms with E-state index in [4.69, 9.17) is 16.3 Å². The van der Waals surface area contributed by atoms with E-state index in [0.717, 1.165) is 27.6 Å². The highest BCUT2D eigenvalue weighted by Gasteiger charge is 2.03. The molecular weight excluding hydrogens is 277 g/mol. The number of hydrogen-bond acceptors (Lipinski definition) is 2. The molecule has 106 valence electrons. The van der Waals surface area contributed by atoms with E-state index in [9.17, 15) is 4.39 Å². The Balaban J connectivity index is 1.83. The van der Waals surface area contributed by atoms with Crippen LogP contribution in [0.4, 0.5) is 10.1 Å². The quantitative estimate of drug-likeness (QED) is 0.814. The normalized spacial score (nSPS) is 10.4. The lowest BCUT2D eigenvalue weighted by Crippen LogP contribution is -2.11. The molecule has 0 bridgehead atoms. The maximum absolute atomic E-state index is 12.7. The summed E-state index contributed by atoms with van der Waals surface area (Å²) in [6.45, 7) is 5.09. The molecule has 0 heterocycles. The lowest BCUT2D eigenvalue weighted by molar-refractivity contribution is 0.332. The highest BCUT2D eigenvalue weighted by atomic mass is 35.5. The second-order valence-electron chi connectivity index (χ2n) is 4.65. The topological polar surface area (TPSA) is 21.3 Å². The van der Waals surface area contributed by atoms with Crippen LogP contribution in [0.15, 0.2) is 36.4 Å². The molecule has 0 aliphatic carbocycles. The third-order valence-corrected chi connectivity index (χ3v) is 3.55. The number of halogens is 2. The SMILES string of the molecule is Cc1cc(OCCNc2ccc(F)cc2)cc(C)c1Cl. The van der Waals surface area contributed by atoms with E-state index < -0.39 is 0 Å². The number of ether oxygens (including phenoxy) is 1. The van der Waals surface area contributed by atoms with Crippen molar-refractivity contribution < 1.29 is 9.13 Å². The van der Waals surface area contributed by atoms with Gasteiger partial charge >= 0.3 is 0 Å². The summed E-state index contributed by atoms with van der Waals surface area (Å²) in [7, 11) is 0. The average molecular weight is 294 g/mol. The molecule has 0 radical (unpaired) electrons. The second-order valence-corrected chi connectivity index (χ2v) is 5.03. The number of rotatable bonds is 5. The van der Waals surface area contributed by atoms with E-state index in [0.29, 0.717) is 13.2 Å². The van der Waals surface area contributed by atoms with Gasteiger partial charge in [0.1, 0.15) is 18.2 Å². The summed E-state index contributed by atoms with van der Waals surface area (Å²) < 4.78 is 18.4. The summed E-state index contributed by atoms with van der Waals surface area (Å²) in [5.74, 6) is 0.573. The first-order valence-electron chi connectivity index (χ1n) is 6.45. The van der Waals surface area contributed by atoms with Crippen molar-refractivity contribution in [3.8, 4) is 5.75 Å².